The summed E-state index contributed by atoms with van der Waals surface area (Å²) in [7, 11) is 0. The second kappa shape index (κ2) is 5.63. The van der Waals surface area contributed by atoms with Gasteiger partial charge in [0.2, 0.25) is 0 Å². The number of nitrogens with two attached hydrogens (primary N) is 1. The molecule has 0 saturated heterocycles. The molecule has 4 nitrogen and oxygen atoms in total. The molecule has 0 bridgehead atoms. The fourth-order valence-electron chi connectivity index (χ4n) is 3.69. The Morgan fingerprint density at radius 2 is 2.14 bits per heavy atom. The zero-order valence-corrected chi connectivity index (χ0v) is 13.4. The zero-order valence-electron chi connectivity index (χ0n) is 12.5. The highest BCUT2D eigenvalue weighted by molar-refractivity contribution is 8.14. The highest BCUT2D eigenvalue weighted by atomic mass is 32.2. The molecule has 5 heteroatoms. The average molecular weight is 315 g/mol. The van der Waals surface area contributed by atoms with Crippen molar-refractivity contribution in [2.45, 2.75) is 37.6 Å². The van der Waals surface area contributed by atoms with Gasteiger partial charge in [0.25, 0.3) is 0 Å². The molecular weight excluding hydrogens is 294 g/mol. The van der Waals surface area contributed by atoms with E-state index < -0.39 is 0 Å². The number of aliphatic hydroxyl groups is 1. The fraction of sp³-hybridized carbons (Fsp3) is 0.471. The summed E-state index contributed by atoms with van der Waals surface area (Å²) in [6.07, 6.45) is 5.17. The predicted molar refractivity (Wildman–Crippen MR) is 93.2 cm³/mol. The molecule has 22 heavy (non-hydrogen) atoms. The lowest BCUT2D eigenvalue weighted by Gasteiger charge is -2.13. The van der Waals surface area contributed by atoms with E-state index in [1.54, 1.807) is 11.8 Å². The summed E-state index contributed by atoms with van der Waals surface area (Å²) in [5.41, 5.74) is 3.51. The topological polar surface area (TPSA) is 63.5 Å². The number of benzene rings is 1. The Labute approximate surface area is 134 Å². The molecule has 0 amide bonds. The van der Waals surface area contributed by atoms with Crippen molar-refractivity contribution in [3.05, 3.63) is 35.5 Å². The minimum atomic E-state index is 0.00677. The van der Waals surface area contributed by atoms with E-state index in [0.29, 0.717) is 5.92 Å². The Morgan fingerprint density at radius 3 is 2.86 bits per heavy atom. The first kappa shape index (κ1) is 14.2. The van der Waals surface area contributed by atoms with Gasteiger partial charge in [-0.25, -0.2) is 0 Å². The maximum atomic E-state index is 9.27. The number of rotatable bonds is 3. The van der Waals surface area contributed by atoms with E-state index in [1.165, 1.54) is 36.6 Å². The van der Waals surface area contributed by atoms with Gasteiger partial charge in [0.15, 0.2) is 0 Å². The van der Waals surface area contributed by atoms with Crippen LogP contribution < -0.4 is 5.84 Å². The van der Waals surface area contributed by atoms with Crippen LogP contribution in [0.3, 0.4) is 0 Å². The van der Waals surface area contributed by atoms with Gasteiger partial charge in [0.1, 0.15) is 5.04 Å². The van der Waals surface area contributed by atoms with Gasteiger partial charge in [-0.15, -0.1) is 11.8 Å². The number of aliphatic imine (C=N–C) groups is 1. The summed E-state index contributed by atoms with van der Waals surface area (Å²) < 4.78 is 1.81. The van der Waals surface area contributed by atoms with Crippen LogP contribution in [0.25, 0.3) is 10.9 Å². The van der Waals surface area contributed by atoms with Crippen LogP contribution in [-0.2, 0) is 0 Å². The summed E-state index contributed by atoms with van der Waals surface area (Å²) in [4.78, 5) is 4.59. The van der Waals surface area contributed by atoms with Crippen LogP contribution in [0.15, 0.2) is 29.3 Å². The van der Waals surface area contributed by atoms with E-state index in [4.69, 9.17) is 5.84 Å². The van der Waals surface area contributed by atoms with Crippen LogP contribution in [0.2, 0.25) is 0 Å². The molecule has 1 aliphatic carbocycles. The molecule has 2 aromatic rings. The van der Waals surface area contributed by atoms with Crippen LogP contribution in [0.5, 0.6) is 0 Å². The number of fused-ring (bicyclic) bond motifs is 1. The van der Waals surface area contributed by atoms with Crippen LogP contribution in [0.4, 0.5) is 0 Å². The normalized spacial score (nSPS) is 22.6. The van der Waals surface area contributed by atoms with E-state index in [0.717, 1.165) is 22.0 Å². The maximum absolute atomic E-state index is 9.27. The molecule has 116 valence electrons. The van der Waals surface area contributed by atoms with Crippen molar-refractivity contribution in [1.29, 1.82) is 0 Å². The summed E-state index contributed by atoms with van der Waals surface area (Å²) in [6.45, 7) is 0.106. The van der Waals surface area contributed by atoms with Crippen LogP contribution in [0, 0.1) is 0 Å². The van der Waals surface area contributed by atoms with Gasteiger partial charge in [0, 0.05) is 11.1 Å². The third kappa shape index (κ3) is 2.23. The Balaban J connectivity index is 1.82. The summed E-state index contributed by atoms with van der Waals surface area (Å²) >= 11 is 1.68. The number of nitrogen functional groups attached to an aromatic ring is 1. The number of hydrogen-bond acceptors (Lipinski definition) is 4. The van der Waals surface area contributed by atoms with Crippen molar-refractivity contribution >= 4 is 27.7 Å². The summed E-state index contributed by atoms with van der Waals surface area (Å²) in [5, 5.41) is 11.4. The lowest BCUT2D eigenvalue weighted by atomic mass is 9.96. The predicted octanol–water partition coefficient (Wildman–Crippen LogP) is 2.87. The summed E-state index contributed by atoms with van der Waals surface area (Å²) in [6, 6.07) is 8.64. The van der Waals surface area contributed by atoms with Gasteiger partial charge < -0.3 is 10.9 Å². The molecular formula is C17H21N3OS. The zero-order chi connectivity index (χ0) is 15.1. The monoisotopic (exact) mass is 315 g/mol. The summed E-state index contributed by atoms with van der Waals surface area (Å²) in [5.74, 6) is 7.91. The van der Waals surface area contributed by atoms with E-state index in [1.807, 2.05) is 4.68 Å². The SMILES string of the molecule is Nn1c(C2=NC(CO)CS2)cc2cccc(C3CCCC3)c21. The van der Waals surface area contributed by atoms with Crippen molar-refractivity contribution in [2.24, 2.45) is 4.99 Å². The molecule has 0 radical (unpaired) electrons. The minimum Gasteiger partial charge on any atom is -0.394 e. The molecule has 1 saturated carbocycles. The van der Waals surface area contributed by atoms with Gasteiger partial charge in [0.05, 0.1) is 23.9 Å². The van der Waals surface area contributed by atoms with Gasteiger partial charge in [-0.2, -0.15) is 0 Å². The van der Waals surface area contributed by atoms with Crippen LogP contribution in [-0.4, -0.2) is 33.2 Å². The highest BCUT2D eigenvalue weighted by Gasteiger charge is 2.25. The van der Waals surface area contributed by atoms with Gasteiger partial charge in [-0.05, 0) is 30.4 Å². The van der Waals surface area contributed by atoms with E-state index >= 15 is 0 Å². The fourth-order valence-corrected chi connectivity index (χ4v) is 4.75. The largest absolute Gasteiger partial charge is 0.394 e. The van der Waals surface area contributed by atoms with Crippen molar-refractivity contribution in [3.63, 3.8) is 0 Å². The molecule has 3 N–H and O–H groups in total. The minimum absolute atomic E-state index is 0.00677. The molecule has 2 aliphatic rings. The van der Waals surface area contributed by atoms with E-state index in [-0.39, 0.29) is 12.6 Å². The Bertz CT molecular complexity index is 731. The Kier molecular flexibility index (Phi) is 3.62. The van der Waals surface area contributed by atoms with Crippen molar-refractivity contribution in [1.82, 2.24) is 4.68 Å². The molecule has 2 heterocycles. The third-order valence-electron chi connectivity index (χ3n) is 4.83. The van der Waals surface area contributed by atoms with Crippen molar-refractivity contribution in [2.75, 3.05) is 18.2 Å². The molecule has 0 spiro atoms. The number of aromatic nitrogens is 1. The van der Waals surface area contributed by atoms with Crippen LogP contribution in [0.1, 0.15) is 42.9 Å². The van der Waals surface area contributed by atoms with E-state index in [2.05, 4.69) is 29.3 Å². The Hall–Kier alpha value is -1.46. The maximum Gasteiger partial charge on any atom is 0.117 e. The van der Waals surface area contributed by atoms with Crippen molar-refractivity contribution < 1.29 is 5.11 Å². The smallest absolute Gasteiger partial charge is 0.117 e. The molecule has 1 aromatic heterocycles. The standard InChI is InChI=1S/C17H21N3OS/c18-20-15(17-19-13(9-21)10-22-17)8-12-6-3-7-14(16(12)20)11-4-1-2-5-11/h3,6-8,11,13,21H,1-2,4-5,9-10,18H2. The second-order valence-electron chi connectivity index (χ2n) is 6.25. The van der Waals surface area contributed by atoms with Crippen LogP contribution >= 0.6 is 11.8 Å². The lowest BCUT2D eigenvalue weighted by molar-refractivity contribution is 0.277. The number of aliphatic hydroxyl groups excluding tert-OH is 1. The van der Waals surface area contributed by atoms with Gasteiger partial charge in [-0.3, -0.25) is 9.67 Å². The highest BCUT2D eigenvalue weighted by Crippen LogP contribution is 2.38. The van der Waals surface area contributed by atoms with Gasteiger partial charge >= 0.3 is 0 Å². The lowest BCUT2D eigenvalue weighted by Crippen LogP contribution is -2.15. The second-order valence-corrected chi connectivity index (χ2v) is 7.26. The molecule has 1 fully saturated rings. The molecule has 1 unspecified atom stereocenters. The number of hydrogen-bond donors (Lipinski definition) is 2. The quantitative estimate of drug-likeness (QED) is 0.856. The third-order valence-corrected chi connectivity index (χ3v) is 5.97. The molecule has 1 aromatic carbocycles. The first-order valence-corrected chi connectivity index (χ1v) is 8.97. The van der Waals surface area contributed by atoms with Gasteiger partial charge in [-0.1, -0.05) is 31.0 Å². The van der Waals surface area contributed by atoms with Crippen molar-refractivity contribution in [3.8, 4) is 0 Å². The Morgan fingerprint density at radius 1 is 1.32 bits per heavy atom. The average Bonchev–Trinajstić information content (AvgIpc) is 3.27. The molecule has 4 rings (SSSR count). The number of para-hydroxylation sites is 1. The first-order chi connectivity index (χ1) is 10.8. The van der Waals surface area contributed by atoms with E-state index in [9.17, 15) is 5.11 Å². The number of thioether (sulfide) groups is 1. The molecule has 1 atom stereocenters. The number of nitrogens with zero attached hydrogens (tertiary/aromatic N) is 2. The first-order valence-electron chi connectivity index (χ1n) is 7.99. The molecule has 1 aliphatic heterocycles.